The Morgan fingerprint density at radius 2 is 1.93 bits per heavy atom. The largest absolute Gasteiger partial charge is 0.494 e. The lowest BCUT2D eigenvalue weighted by molar-refractivity contribution is -0.147. The zero-order chi connectivity index (χ0) is 21.5. The van der Waals surface area contributed by atoms with Crippen LogP contribution in [0.4, 0.5) is 5.69 Å². The molecule has 3 rings (SSSR count). The number of thiazole rings is 1. The first kappa shape index (κ1) is 21.7. The first-order chi connectivity index (χ1) is 14.5. The van der Waals surface area contributed by atoms with E-state index in [4.69, 9.17) is 21.7 Å². The lowest BCUT2D eigenvalue weighted by Crippen LogP contribution is -2.24. The number of aliphatic imine (C=N–C) groups is 1. The molecule has 0 aliphatic carbocycles. The van der Waals surface area contributed by atoms with Crippen LogP contribution in [0.25, 0.3) is 0 Å². The topological polar surface area (TPSA) is 73.0 Å². The zero-order valence-electron chi connectivity index (χ0n) is 16.6. The molecule has 1 unspecified atom stereocenters. The number of esters is 1. The summed E-state index contributed by atoms with van der Waals surface area (Å²) in [6.07, 6.45) is 1.87. The molecule has 3 aromatic rings. The Hall–Kier alpha value is -2.97. The van der Waals surface area contributed by atoms with Crippen molar-refractivity contribution in [3.8, 4) is 11.6 Å². The van der Waals surface area contributed by atoms with Crippen molar-refractivity contribution in [1.29, 1.82) is 0 Å². The number of hydrogen-bond acceptors (Lipinski definition) is 7. The summed E-state index contributed by atoms with van der Waals surface area (Å²) in [5.41, 5.74) is 1.56. The van der Waals surface area contributed by atoms with Crippen LogP contribution in [0.5, 0.6) is 11.6 Å². The second-order valence-corrected chi connectivity index (χ2v) is 7.99. The molecule has 0 aliphatic rings. The number of aromatic nitrogens is 1. The fraction of sp³-hybridized carbons (Fsp3) is 0.227. The fourth-order valence-corrected chi connectivity index (χ4v) is 4.25. The molecule has 0 fully saturated rings. The van der Waals surface area contributed by atoms with Crippen molar-refractivity contribution in [3.05, 3.63) is 69.0 Å². The van der Waals surface area contributed by atoms with Gasteiger partial charge in [0.2, 0.25) is 5.88 Å². The number of nitrogens with zero attached hydrogens (tertiary/aromatic N) is 2. The highest BCUT2D eigenvalue weighted by atomic mass is 32.1. The summed E-state index contributed by atoms with van der Waals surface area (Å²) in [6, 6.07) is 16.1. The molecule has 30 heavy (non-hydrogen) atoms. The van der Waals surface area contributed by atoms with Gasteiger partial charge in [-0.3, -0.25) is 9.56 Å². The van der Waals surface area contributed by atoms with Gasteiger partial charge >= 0.3 is 5.97 Å². The summed E-state index contributed by atoms with van der Waals surface area (Å²) < 4.78 is 12.3. The summed E-state index contributed by atoms with van der Waals surface area (Å²) in [6.45, 7) is 1.99. The Bertz CT molecular complexity index is 1090. The van der Waals surface area contributed by atoms with E-state index in [1.807, 2.05) is 42.5 Å². The lowest BCUT2D eigenvalue weighted by atomic mass is 10.1. The van der Waals surface area contributed by atoms with E-state index < -0.39 is 12.0 Å². The first-order valence-corrected chi connectivity index (χ1v) is 10.6. The second-order valence-electron chi connectivity index (χ2n) is 6.31. The van der Waals surface area contributed by atoms with E-state index in [2.05, 4.69) is 4.99 Å². The zero-order valence-corrected chi connectivity index (χ0v) is 18.3. The van der Waals surface area contributed by atoms with Gasteiger partial charge in [-0.15, -0.1) is 0 Å². The average molecular weight is 443 g/mol. The summed E-state index contributed by atoms with van der Waals surface area (Å²) in [4.78, 5) is 17.5. The molecule has 1 atom stereocenters. The number of para-hydroxylation sites is 2. The molecule has 1 heterocycles. The van der Waals surface area contributed by atoms with Gasteiger partial charge in [-0.2, -0.15) is 0 Å². The molecule has 156 valence electrons. The normalized spacial score (nSPS) is 12.1. The number of methoxy groups -OCH3 is 1. The van der Waals surface area contributed by atoms with Crippen LogP contribution in [0.15, 0.2) is 59.6 Å². The van der Waals surface area contributed by atoms with Crippen LogP contribution in [-0.2, 0) is 16.0 Å². The van der Waals surface area contributed by atoms with E-state index in [1.54, 1.807) is 26.2 Å². The molecule has 0 radical (unpaired) electrons. The molecule has 0 bridgehead atoms. The minimum atomic E-state index is -0.774. The number of rotatable bonds is 8. The predicted octanol–water partition coefficient (Wildman–Crippen LogP) is 5.09. The van der Waals surface area contributed by atoms with E-state index in [0.717, 1.165) is 5.56 Å². The van der Waals surface area contributed by atoms with Gasteiger partial charge in [0, 0.05) is 6.42 Å². The van der Waals surface area contributed by atoms with Gasteiger partial charge in [-0.25, -0.2) is 4.79 Å². The smallest absolute Gasteiger partial charge is 0.329 e. The van der Waals surface area contributed by atoms with Gasteiger partial charge in [0.15, 0.2) is 3.95 Å². The molecule has 0 amide bonds. The van der Waals surface area contributed by atoms with Gasteiger partial charge in [-0.05, 0) is 36.8 Å². The molecule has 6 nitrogen and oxygen atoms in total. The Kier molecular flexibility index (Phi) is 7.37. The van der Waals surface area contributed by atoms with Crippen molar-refractivity contribution in [2.24, 2.45) is 4.99 Å². The van der Waals surface area contributed by atoms with E-state index >= 15 is 0 Å². The highest BCUT2D eigenvalue weighted by molar-refractivity contribution is 7.73. The molecule has 1 aromatic heterocycles. The summed E-state index contributed by atoms with van der Waals surface area (Å²) in [5, 5.41) is 10.9. The quantitative estimate of drug-likeness (QED) is 0.299. The molecule has 2 aromatic carbocycles. The molecule has 0 saturated carbocycles. The highest BCUT2D eigenvalue weighted by Crippen LogP contribution is 2.32. The lowest BCUT2D eigenvalue weighted by Gasteiger charge is -2.18. The standard InChI is InChI=1S/C22H22N2O4S2/c1-3-28-21(26)17(13-15-9-5-4-6-10-15)24-20(25)19(30-22(24)29)14-23-16-11-7-8-12-18(16)27-2/h4-12,14,17,25H,3,13H2,1-2H3. The third-order valence-electron chi connectivity index (χ3n) is 4.39. The second kappa shape index (κ2) is 10.2. The van der Waals surface area contributed by atoms with Gasteiger partial charge < -0.3 is 14.6 Å². The third-order valence-corrected chi connectivity index (χ3v) is 5.72. The van der Waals surface area contributed by atoms with Crippen LogP contribution in [0.2, 0.25) is 0 Å². The summed E-state index contributed by atoms with van der Waals surface area (Å²) in [5.74, 6) is 0.0566. The number of carbonyl (C=O) groups excluding carboxylic acids is 1. The van der Waals surface area contributed by atoms with E-state index in [1.165, 1.54) is 22.1 Å². The van der Waals surface area contributed by atoms with Crippen LogP contribution in [0.1, 0.15) is 23.4 Å². The van der Waals surface area contributed by atoms with Gasteiger partial charge in [0.25, 0.3) is 0 Å². The highest BCUT2D eigenvalue weighted by Gasteiger charge is 2.27. The minimum absolute atomic E-state index is 0.113. The van der Waals surface area contributed by atoms with Crippen molar-refractivity contribution in [3.63, 3.8) is 0 Å². The average Bonchev–Trinajstić information content (AvgIpc) is 3.04. The Morgan fingerprint density at radius 3 is 2.63 bits per heavy atom. The Morgan fingerprint density at radius 1 is 1.23 bits per heavy atom. The maximum absolute atomic E-state index is 12.7. The SMILES string of the molecule is CCOC(=O)C(Cc1ccccc1)n1c(O)c(C=Nc2ccccc2OC)sc1=S. The predicted molar refractivity (Wildman–Crippen MR) is 121 cm³/mol. The van der Waals surface area contributed by atoms with E-state index in [0.29, 0.717) is 26.7 Å². The van der Waals surface area contributed by atoms with Crippen molar-refractivity contribution >= 4 is 41.4 Å². The maximum atomic E-state index is 12.7. The van der Waals surface area contributed by atoms with Crippen LogP contribution in [-0.4, -0.2) is 35.6 Å². The van der Waals surface area contributed by atoms with Crippen LogP contribution in [0.3, 0.4) is 0 Å². The van der Waals surface area contributed by atoms with E-state index in [-0.39, 0.29) is 12.5 Å². The monoisotopic (exact) mass is 442 g/mol. The number of ether oxygens (including phenoxy) is 2. The third kappa shape index (κ3) is 4.95. The molecule has 0 spiro atoms. The minimum Gasteiger partial charge on any atom is -0.494 e. The van der Waals surface area contributed by atoms with Crippen molar-refractivity contribution in [2.75, 3.05) is 13.7 Å². The van der Waals surface area contributed by atoms with Gasteiger partial charge in [0.1, 0.15) is 22.4 Å². The molecule has 0 aliphatic heterocycles. The van der Waals surface area contributed by atoms with E-state index in [9.17, 15) is 9.90 Å². The molecule has 0 saturated heterocycles. The van der Waals surface area contributed by atoms with Crippen molar-refractivity contribution < 1.29 is 19.4 Å². The number of hydrogen-bond donors (Lipinski definition) is 1. The number of carbonyl (C=O) groups is 1. The van der Waals surface area contributed by atoms with Crippen molar-refractivity contribution in [2.45, 2.75) is 19.4 Å². The van der Waals surface area contributed by atoms with Crippen LogP contribution < -0.4 is 4.74 Å². The first-order valence-electron chi connectivity index (χ1n) is 9.37. The van der Waals surface area contributed by atoms with Gasteiger partial charge in [-0.1, -0.05) is 53.8 Å². The molecule has 1 N–H and O–H groups in total. The molecular formula is C22H22N2O4S2. The van der Waals surface area contributed by atoms with Crippen LogP contribution in [0, 0.1) is 3.95 Å². The Labute approximate surface area is 184 Å². The molecular weight excluding hydrogens is 420 g/mol. The number of benzene rings is 2. The summed E-state index contributed by atoms with van der Waals surface area (Å²) >= 11 is 6.64. The van der Waals surface area contributed by atoms with Gasteiger partial charge in [0.05, 0.1) is 19.9 Å². The number of aromatic hydroxyl groups is 1. The van der Waals surface area contributed by atoms with Crippen LogP contribution >= 0.6 is 23.6 Å². The Balaban J connectivity index is 1.97. The fourth-order valence-electron chi connectivity index (χ4n) is 2.97. The molecule has 8 heteroatoms. The summed E-state index contributed by atoms with van der Waals surface area (Å²) in [7, 11) is 1.57. The maximum Gasteiger partial charge on any atom is 0.329 e. The van der Waals surface area contributed by atoms with Crippen molar-refractivity contribution in [1.82, 2.24) is 4.57 Å².